The predicted molar refractivity (Wildman–Crippen MR) is 229 cm³/mol. The van der Waals surface area contributed by atoms with Crippen molar-refractivity contribution in [1.29, 1.82) is 0 Å². The summed E-state index contributed by atoms with van der Waals surface area (Å²) in [4.78, 5) is 26.3. The molecule has 0 saturated heterocycles. The number of esters is 1. The number of hydrogen-bond acceptors (Lipinski definition) is 4. The van der Waals surface area contributed by atoms with Crippen LogP contribution in [0.15, 0.2) is 85.0 Å². The molecule has 306 valence electrons. The summed E-state index contributed by atoms with van der Waals surface area (Å²) in [6, 6.07) is 22.0. The molecule has 4 saturated carbocycles. The van der Waals surface area contributed by atoms with E-state index in [4.69, 9.17) is 9.47 Å². The van der Waals surface area contributed by atoms with Crippen LogP contribution in [0.1, 0.15) is 132 Å². The fourth-order valence-electron chi connectivity index (χ4n) is 15.3. The van der Waals surface area contributed by atoms with E-state index in [2.05, 4.69) is 108 Å². The van der Waals surface area contributed by atoms with E-state index in [-0.39, 0.29) is 44.8 Å². The second-order valence-corrected chi connectivity index (χ2v) is 20.5. The normalized spacial score (nSPS) is 35.5. The van der Waals surface area contributed by atoms with Crippen LogP contribution in [-0.2, 0) is 9.47 Å². The summed E-state index contributed by atoms with van der Waals surface area (Å²) in [7, 11) is 1.29. The molecular weight excluding hydrogens is 722 g/mol. The Morgan fingerprint density at radius 3 is 2.17 bits per heavy atom. The number of fused-ring (bicyclic) bond motifs is 10. The van der Waals surface area contributed by atoms with Gasteiger partial charge in [-0.2, -0.15) is 0 Å². The Labute approximate surface area is 345 Å². The molecule has 0 heterocycles. The smallest absolute Gasteiger partial charge is 0.407 e. The van der Waals surface area contributed by atoms with Crippen molar-refractivity contribution >= 4 is 17.6 Å². The van der Waals surface area contributed by atoms with Crippen LogP contribution in [0.4, 0.5) is 9.18 Å². The molecular formula is C52H62FNO4. The first-order chi connectivity index (χ1) is 27.6. The minimum absolute atomic E-state index is 0.0233. The fourth-order valence-corrected chi connectivity index (χ4v) is 15.3. The molecule has 3 aromatic rings. The first-order valence-electron chi connectivity index (χ1n) is 22.0. The average Bonchev–Trinajstić information content (AvgIpc) is 3.73. The van der Waals surface area contributed by atoms with Gasteiger partial charge in [0.1, 0.15) is 12.4 Å². The number of methoxy groups -OCH3 is 1. The van der Waals surface area contributed by atoms with Gasteiger partial charge in [0.25, 0.3) is 0 Å². The average molecular weight is 784 g/mol. The Bertz CT molecular complexity index is 2180. The number of alkyl carbamates (subject to hydrolysis) is 1. The highest BCUT2D eigenvalue weighted by molar-refractivity contribution is 5.90. The maximum atomic E-state index is 15.3. The van der Waals surface area contributed by atoms with Gasteiger partial charge in [0.05, 0.1) is 12.7 Å². The highest BCUT2D eigenvalue weighted by Gasteiger charge is 2.70. The van der Waals surface area contributed by atoms with Crippen LogP contribution in [0.25, 0.3) is 16.7 Å². The molecule has 9 atom stereocenters. The molecule has 6 aliphatic rings. The molecule has 3 aromatic carbocycles. The molecule has 0 radical (unpaired) electrons. The molecule has 1 amide bonds. The second-order valence-electron chi connectivity index (χ2n) is 20.5. The van der Waals surface area contributed by atoms with Crippen LogP contribution in [0, 0.1) is 57.1 Å². The Balaban J connectivity index is 0.974. The van der Waals surface area contributed by atoms with Gasteiger partial charge in [0, 0.05) is 11.5 Å². The third-order valence-electron chi connectivity index (χ3n) is 18.0. The van der Waals surface area contributed by atoms with Gasteiger partial charge in [0.15, 0.2) is 0 Å². The Kier molecular flexibility index (Phi) is 9.26. The number of rotatable bonds is 6. The number of carbonyl (C=O) groups is 2. The van der Waals surface area contributed by atoms with Crippen molar-refractivity contribution < 1.29 is 23.5 Å². The summed E-state index contributed by atoms with van der Waals surface area (Å²) in [6.07, 6.45) is 11.8. The number of benzene rings is 3. The van der Waals surface area contributed by atoms with Crippen LogP contribution < -0.4 is 5.32 Å². The third kappa shape index (κ3) is 5.51. The number of allylic oxidation sites excluding steroid dienone is 3. The molecule has 0 bridgehead atoms. The van der Waals surface area contributed by atoms with Crippen molar-refractivity contribution in [2.45, 2.75) is 111 Å². The van der Waals surface area contributed by atoms with Crippen molar-refractivity contribution in [1.82, 2.24) is 5.32 Å². The highest BCUT2D eigenvalue weighted by Crippen LogP contribution is 2.76. The molecule has 0 spiro atoms. The van der Waals surface area contributed by atoms with E-state index in [9.17, 15) is 9.59 Å². The summed E-state index contributed by atoms with van der Waals surface area (Å²) < 4.78 is 26.3. The SMILES string of the molecule is C=C(C)[C@@H]1CC[C@]2(NC(=O)OCC3c4ccccc4-c4ccccc43)CC[C@]3(C)[C@H](CC[C@@H]4[C@@]5(C)CC=C(c6ccc(C(=O)OC)c(F)c6)C(C)(C)[C@@H]5CC[C@]43C)[C@@H]12. The molecule has 5 nitrogen and oxygen atoms in total. The Morgan fingerprint density at radius 2 is 1.52 bits per heavy atom. The quantitative estimate of drug-likeness (QED) is 0.200. The van der Waals surface area contributed by atoms with E-state index in [1.165, 1.54) is 53.0 Å². The first kappa shape index (κ1) is 39.3. The summed E-state index contributed by atoms with van der Waals surface area (Å²) in [5.41, 5.74) is 8.07. The van der Waals surface area contributed by atoms with Gasteiger partial charge in [-0.1, -0.05) is 107 Å². The van der Waals surface area contributed by atoms with Gasteiger partial charge in [0.2, 0.25) is 0 Å². The van der Waals surface area contributed by atoms with Gasteiger partial charge in [-0.05, 0) is 161 Å². The number of amides is 1. The maximum Gasteiger partial charge on any atom is 0.407 e. The minimum atomic E-state index is -0.649. The number of nitrogens with one attached hydrogen (secondary N) is 1. The van der Waals surface area contributed by atoms with E-state index in [0.717, 1.165) is 56.9 Å². The number of ether oxygens (including phenoxy) is 2. The van der Waals surface area contributed by atoms with E-state index < -0.39 is 11.8 Å². The minimum Gasteiger partial charge on any atom is -0.465 e. The molecule has 4 fully saturated rings. The summed E-state index contributed by atoms with van der Waals surface area (Å²) in [5.74, 6) is 1.00. The van der Waals surface area contributed by atoms with Crippen molar-refractivity contribution in [3.8, 4) is 11.1 Å². The van der Waals surface area contributed by atoms with E-state index >= 15 is 4.39 Å². The van der Waals surface area contributed by atoms with E-state index in [1.54, 1.807) is 6.07 Å². The monoisotopic (exact) mass is 783 g/mol. The van der Waals surface area contributed by atoms with Gasteiger partial charge in [-0.25, -0.2) is 14.0 Å². The fraction of sp³-hybridized carbons (Fsp3) is 0.538. The first-order valence-corrected chi connectivity index (χ1v) is 22.0. The van der Waals surface area contributed by atoms with Gasteiger partial charge in [-0.3, -0.25) is 0 Å². The molecule has 58 heavy (non-hydrogen) atoms. The van der Waals surface area contributed by atoms with E-state index in [0.29, 0.717) is 36.2 Å². The zero-order valence-corrected chi connectivity index (χ0v) is 35.7. The zero-order valence-electron chi connectivity index (χ0n) is 35.7. The number of halogens is 1. The summed E-state index contributed by atoms with van der Waals surface area (Å²) >= 11 is 0. The molecule has 0 aliphatic heterocycles. The highest BCUT2D eigenvalue weighted by atomic mass is 19.1. The third-order valence-corrected chi connectivity index (χ3v) is 18.0. The van der Waals surface area contributed by atoms with Gasteiger partial charge < -0.3 is 14.8 Å². The lowest BCUT2D eigenvalue weighted by molar-refractivity contribution is -0.218. The predicted octanol–water partition coefficient (Wildman–Crippen LogP) is 12.6. The van der Waals surface area contributed by atoms with Crippen LogP contribution >= 0.6 is 0 Å². The van der Waals surface area contributed by atoms with Crippen LogP contribution in [-0.4, -0.2) is 31.3 Å². The van der Waals surface area contributed by atoms with Crippen LogP contribution in [0.2, 0.25) is 0 Å². The standard InChI is InChI=1S/C52H62FNO4/c1-31(2)33-21-26-52(54-47(56)58-30-39-36-15-11-9-13-34(36)35-14-10-12-16-37(35)39)28-27-50(6)41(45(33)52)19-20-44-49(5)24-22-40(48(3,4)43(49)23-25-51(44,50)7)32-17-18-38(42(53)29-32)46(55)57-8/h9-18,22,29,33,39,41,43-45H,1,19-21,23-28,30H2,2-8H3,(H,54,56)/t33-,41+,43-,44+,45+,49-,50+,51+,52-/m0/s1. The largest absolute Gasteiger partial charge is 0.465 e. The molecule has 6 heteroatoms. The Hall–Kier alpha value is -4.19. The maximum absolute atomic E-state index is 15.3. The summed E-state index contributed by atoms with van der Waals surface area (Å²) in [6.45, 7) is 19.7. The van der Waals surface area contributed by atoms with Crippen LogP contribution in [0.3, 0.4) is 0 Å². The topological polar surface area (TPSA) is 64.6 Å². The lowest BCUT2D eigenvalue weighted by Crippen LogP contribution is -2.68. The zero-order chi connectivity index (χ0) is 41.0. The molecule has 1 N–H and O–H groups in total. The van der Waals surface area contributed by atoms with Gasteiger partial charge >= 0.3 is 12.1 Å². The molecule has 9 rings (SSSR count). The van der Waals surface area contributed by atoms with Crippen molar-refractivity contribution in [2.75, 3.05) is 13.7 Å². The lowest BCUT2D eigenvalue weighted by Gasteiger charge is -2.72. The molecule has 0 aromatic heterocycles. The van der Waals surface area contributed by atoms with Crippen molar-refractivity contribution in [2.24, 2.45) is 51.2 Å². The van der Waals surface area contributed by atoms with Crippen molar-refractivity contribution in [3.63, 3.8) is 0 Å². The van der Waals surface area contributed by atoms with E-state index in [1.807, 2.05) is 6.07 Å². The summed E-state index contributed by atoms with van der Waals surface area (Å²) in [5, 5.41) is 3.62. The number of hydrogen-bond donors (Lipinski definition) is 1. The van der Waals surface area contributed by atoms with Crippen molar-refractivity contribution in [3.05, 3.63) is 113 Å². The molecule has 6 aliphatic carbocycles. The lowest BCUT2D eigenvalue weighted by atomic mass is 9.33. The number of carbonyl (C=O) groups excluding carboxylic acids is 2. The van der Waals surface area contributed by atoms with Crippen LogP contribution in [0.5, 0.6) is 0 Å². The molecule has 0 unspecified atom stereocenters. The van der Waals surface area contributed by atoms with Gasteiger partial charge in [-0.15, -0.1) is 0 Å². The Morgan fingerprint density at radius 1 is 0.828 bits per heavy atom. The second kappa shape index (κ2) is 13.7.